The van der Waals surface area contributed by atoms with Crippen LogP contribution in [0.25, 0.3) is 0 Å². The molecular formula is C23H33B6ClFN7O. The number of hydrogen-bond donors (Lipinski definition) is 1. The molecule has 2 aromatic heterocycles. The first-order valence-corrected chi connectivity index (χ1v) is 14.1. The van der Waals surface area contributed by atoms with Gasteiger partial charge in [-0.05, 0) is 43.7 Å². The molecule has 0 radical (unpaired) electrons. The highest BCUT2D eigenvalue weighted by molar-refractivity contribution is 6.64. The Morgan fingerprint density at radius 1 is 1.03 bits per heavy atom. The Kier molecular flexibility index (Phi) is 7.50. The summed E-state index contributed by atoms with van der Waals surface area (Å²) in [6.07, 6.45) is 3.92. The molecule has 16 heteroatoms. The molecule has 0 amide bonds. The third-order valence-corrected chi connectivity index (χ3v) is 7.99. The molecular weight excluding hydrogens is 510 g/mol. The van der Waals surface area contributed by atoms with Crippen molar-refractivity contribution in [1.82, 2.24) is 24.7 Å². The van der Waals surface area contributed by atoms with E-state index in [2.05, 4.69) is 73.3 Å². The topological polar surface area (TPSA) is 81.0 Å². The third-order valence-electron chi connectivity index (χ3n) is 7.77. The van der Waals surface area contributed by atoms with Crippen LogP contribution < -0.4 is 15.0 Å². The first kappa shape index (κ1) is 28.0. The first-order valence-electron chi connectivity index (χ1n) is 13.7. The molecule has 0 spiro atoms. The van der Waals surface area contributed by atoms with Gasteiger partial charge in [0, 0.05) is 48.0 Å². The maximum Gasteiger partial charge on any atom is 0.322 e. The second kappa shape index (κ2) is 10.5. The maximum absolute atomic E-state index is 14.1. The van der Waals surface area contributed by atoms with E-state index in [0.717, 1.165) is 37.4 Å². The second-order valence-electron chi connectivity index (χ2n) is 13.2. The SMILES string of the molecule is BC(B)(B)C(n1nc(N[C@@H]2[C@@H]3CC[C@H]2CN(c2cc(C)ncn2)C3)nc1Oc1cc(F)cc(Cl)c1)C(B)(B)B. The van der Waals surface area contributed by atoms with Crippen LogP contribution in [0.4, 0.5) is 16.2 Å². The van der Waals surface area contributed by atoms with E-state index < -0.39 is 5.82 Å². The lowest BCUT2D eigenvalue weighted by Gasteiger charge is -2.41. The van der Waals surface area contributed by atoms with Gasteiger partial charge < -0.3 is 15.0 Å². The first-order chi connectivity index (χ1) is 18.3. The van der Waals surface area contributed by atoms with Crippen molar-refractivity contribution in [2.45, 2.75) is 42.1 Å². The molecule has 2 fully saturated rings. The smallest absolute Gasteiger partial charge is 0.322 e. The number of rotatable bonds is 8. The highest BCUT2D eigenvalue weighted by Crippen LogP contribution is 2.45. The molecule has 1 aromatic carbocycles. The molecule has 2 aliphatic rings. The average molecular weight is 543 g/mol. The van der Waals surface area contributed by atoms with Crippen LogP contribution in [0.5, 0.6) is 11.8 Å². The summed E-state index contributed by atoms with van der Waals surface area (Å²) in [6, 6.07) is 6.72. The van der Waals surface area contributed by atoms with E-state index >= 15 is 0 Å². The summed E-state index contributed by atoms with van der Waals surface area (Å²) in [5.74, 6) is 2.22. The number of nitrogens with one attached hydrogen (secondary N) is 1. The standard InChI is InChI=1S/C23H33B6ClFN7O/c1-11-4-17(33-10-32-11)37-8-12-2-3-13(9-37)18(12)34-20-35-21(39-16-6-14(30)5-15(31)7-16)38(36-20)19(22(24,25)26)23(27,28)29/h4-7,10,12-13,18-19H,2-3,8-9,24-29H2,1H3,(H,34,36)/t12-,13+,18-. The Labute approximate surface area is 240 Å². The fraction of sp³-hybridized carbons (Fsp3) is 0.478. The lowest BCUT2D eigenvalue weighted by atomic mass is 9.27. The average Bonchev–Trinajstić information content (AvgIpc) is 3.25. The van der Waals surface area contributed by atoms with E-state index in [4.69, 9.17) is 26.4 Å². The number of aryl methyl sites for hydroxylation is 1. The third kappa shape index (κ3) is 6.13. The molecule has 3 aromatic rings. The number of aromatic nitrogens is 5. The summed E-state index contributed by atoms with van der Waals surface area (Å²) < 4.78 is 22.2. The Balaban J connectivity index is 1.44. The van der Waals surface area contributed by atoms with Gasteiger partial charge in [-0.15, -0.1) is 5.10 Å². The molecule has 5 rings (SSSR count). The molecule has 1 aliphatic carbocycles. The zero-order valence-electron chi connectivity index (χ0n) is 23.9. The fourth-order valence-electron chi connectivity index (χ4n) is 6.74. The van der Waals surface area contributed by atoms with Crippen LogP contribution in [0.3, 0.4) is 0 Å². The van der Waals surface area contributed by atoms with Crippen molar-refractivity contribution in [3.05, 3.63) is 47.1 Å². The highest BCUT2D eigenvalue weighted by atomic mass is 35.5. The summed E-state index contributed by atoms with van der Waals surface area (Å²) in [5.41, 5.74) is 0.974. The summed E-state index contributed by atoms with van der Waals surface area (Å²) in [6.45, 7) is 3.84. The molecule has 8 nitrogen and oxygen atoms in total. The maximum atomic E-state index is 14.1. The van der Waals surface area contributed by atoms with Crippen molar-refractivity contribution < 1.29 is 9.13 Å². The second-order valence-corrected chi connectivity index (χ2v) is 13.6. The Hall–Kier alpha value is -2.55. The highest BCUT2D eigenvalue weighted by Gasteiger charge is 2.44. The van der Waals surface area contributed by atoms with Gasteiger partial charge >= 0.3 is 6.01 Å². The summed E-state index contributed by atoms with van der Waals surface area (Å²) in [4.78, 5) is 15.9. The predicted molar refractivity (Wildman–Crippen MR) is 170 cm³/mol. The Morgan fingerprint density at radius 3 is 2.28 bits per heavy atom. The van der Waals surface area contributed by atoms with Crippen LogP contribution in [0.15, 0.2) is 30.6 Å². The van der Waals surface area contributed by atoms with Crippen LogP contribution >= 0.6 is 11.6 Å². The molecule has 1 saturated carbocycles. The number of hydrogen-bond acceptors (Lipinski definition) is 7. The van der Waals surface area contributed by atoms with Crippen molar-refractivity contribution in [3.8, 4) is 11.8 Å². The Morgan fingerprint density at radius 2 is 1.69 bits per heavy atom. The minimum Gasteiger partial charge on any atom is -0.424 e. The van der Waals surface area contributed by atoms with E-state index in [1.165, 1.54) is 12.1 Å². The van der Waals surface area contributed by atoms with Crippen molar-refractivity contribution >= 4 is 70.4 Å². The quantitative estimate of drug-likeness (QED) is 0.357. The number of fused-ring (bicyclic) bond motifs is 2. The van der Waals surface area contributed by atoms with Gasteiger partial charge in [-0.1, -0.05) is 21.8 Å². The number of benzene rings is 1. The normalized spacial score (nSPS) is 21.3. The van der Waals surface area contributed by atoms with Gasteiger partial charge in [0.25, 0.3) is 0 Å². The number of piperidine rings is 1. The van der Waals surface area contributed by atoms with Crippen LogP contribution in [0.1, 0.15) is 24.6 Å². The molecule has 1 N–H and O–H groups in total. The van der Waals surface area contributed by atoms with E-state index in [1.807, 2.05) is 11.6 Å². The van der Waals surface area contributed by atoms with Crippen LogP contribution in [-0.2, 0) is 0 Å². The monoisotopic (exact) mass is 543 g/mol. The van der Waals surface area contributed by atoms with Crippen molar-refractivity contribution in [1.29, 1.82) is 0 Å². The van der Waals surface area contributed by atoms with E-state index in [0.29, 0.717) is 23.8 Å². The predicted octanol–water partition coefficient (Wildman–Crippen LogP) is -1.22. The number of nitrogens with zero attached hydrogens (tertiary/aromatic N) is 6. The summed E-state index contributed by atoms with van der Waals surface area (Å²) >= 11 is 6.11. The van der Waals surface area contributed by atoms with E-state index in [9.17, 15) is 4.39 Å². The molecule has 1 saturated heterocycles. The summed E-state index contributed by atoms with van der Waals surface area (Å²) in [7, 11) is 13.1. The number of halogens is 2. The van der Waals surface area contributed by atoms with Crippen LogP contribution in [-0.4, -0.2) is 90.9 Å². The number of anilines is 2. The molecule has 198 valence electrons. The molecule has 3 atom stereocenters. The fourth-order valence-corrected chi connectivity index (χ4v) is 6.95. The molecule has 1 aliphatic heterocycles. The van der Waals surface area contributed by atoms with Crippen molar-refractivity contribution in [2.75, 3.05) is 23.3 Å². The zero-order valence-corrected chi connectivity index (χ0v) is 24.6. The molecule has 2 bridgehead atoms. The minimum atomic E-state index is -0.465. The number of ether oxygens (including phenoxy) is 1. The van der Waals surface area contributed by atoms with Gasteiger partial charge in [0.1, 0.15) is 23.7 Å². The van der Waals surface area contributed by atoms with Gasteiger partial charge in [-0.25, -0.2) is 19.0 Å². The van der Waals surface area contributed by atoms with Gasteiger partial charge in [0.2, 0.25) is 5.95 Å². The lowest BCUT2D eigenvalue weighted by molar-refractivity contribution is 0.351. The minimum absolute atomic E-state index is 0.0494. The van der Waals surface area contributed by atoms with Gasteiger partial charge in [-0.3, -0.25) is 0 Å². The van der Waals surface area contributed by atoms with Gasteiger partial charge in [-0.2, -0.15) is 4.98 Å². The summed E-state index contributed by atoms with van der Waals surface area (Å²) in [5, 5.41) is 8.60. The molecule has 0 unspecified atom stereocenters. The van der Waals surface area contributed by atoms with Crippen LogP contribution in [0.2, 0.25) is 15.2 Å². The molecule has 39 heavy (non-hydrogen) atoms. The van der Waals surface area contributed by atoms with Crippen LogP contribution in [0, 0.1) is 24.6 Å². The van der Waals surface area contributed by atoms with E-state index in [-0.39, 0.29) is 33.1 Å². The van der Waals surface area contributed by atoms with Crippen molar-refractivity contribution in [2.24, 2.45) is 11.8 Å². The van der Waals surface area contributed by atoms with Crippen molar-refractivity contribution in [3.63, 3.8) is 0 Å². The van der Waals surface area contributed by atoms with Gasteiger partial charge in [0.15, 0.2) is 0 Å². The van der Waals surface area contributed by atoms with E-state index in [1.54, 1.807) is 12.4 Å². The molecule has 3 heterocycles. The Bertz CT molecular complexity index is 1300. The lowest BCUT2D eigenvalue weighted by Crippen LogP contribution is -2.48. The zero-order chi connectivity index (χ0) is 28.1. The largest absolute Gasteiger partial charge is 0.424 e. The van der Waals surface area contributed by atoms with Gasteiger partial charge in [0.05, 0.1) is 47.1 Å².